The number of ether oxygens (including phenoxy) is 1. The molecule has 0 saturated carbocycles. The third-order valence-corrected chi connectivity index (χ3v) is 1.48. The lowest BCUT2D eigenvalue weighted by atomic mass is 10.2. The summed E-state index contributed by atoms with van der Waals surface area (Å²) in [6.07, 6.45) is 0.368. The van der Waals surface area contributed by atoms with E-state index in [4.69, 9.17) is 9.84 Å². The van der Waals surface area contributed by atoms with Crippen LogP contribution in [0.3, 0.4) is 0 Å². The molecular weight excluding hydrogens is 174 g/mol. The topological polar surface area (TPSA) is 75.6 Å². The first-order valence-corrected chi connectivity index (χ1v) is 4.21. The van der Waals surface area contributed by atoms with Gasteiger partial charge < -0.3 is 15.2 Å². The molecular formula is C8H15NO4. The molecule has 0 aromatic carbocycles. The average molecular weight is 189 g/mol. The molecule has 76 valence electrons. The van der Waals surface area contributed by atoms with Crippen LogP contribution in [0.1, 0.15) is 20.3 Å². The van der Waals surface area contributed by atoms with Crippen molar-refractivity contribution in [2.75, 3.05) is 13.2 Å². The lowest BCUT2D eigenvalue weighted by molar-refractivity contribution is -0.142. The van der Waals surface area contributed by atoms with Gasteiger partial charge in [0.1, 0.15) is 12.6 Å². The molecule has 0 rings (SSSR count). The van der Waals surface area contributed by atoms with Gasteiger partial charge in [0.2, 0.25) is 5.91 Å². The van der Waals surface area contributed by atoms with Crippen molar-refractivity contribution in [1.29, 1.82) is 0 Å². The molecule has 0 spiro atoms. The fraction of sp³-hybridized carbons (Fsp3) is 0.750. The molecule has 0 aromatic rings. The second kappa shape index (κ2) is 6.42. The molecule has 0 aromatic heterocycles. The summed E-state index contributed by atoms with van der Waals surface area (Å²) in [5.41, 5.74) is 0. The zero-order chi connectivity index (χ0) is 10.3. The molecule has 0 saturated heterocycles. The van der Waals surface area contributed by atoms with E-state index < -0.39 is 17.9 Å². The number of carboxylic acid groups (broad SMARTS) is 1. The number of carbonyl (C=O) groups excluding carboxylic acids is 1. The average Bonchev–Trinajstić information content (AvgIpc) is 2.10. The SMILES string of the molecule is CCOCC(=O)N[C@@H](CC)C(=O)O. The predicted octanol–water partition coefficient (Wildman–Crippen LogP) is 0.00230. The largest absolute Gasteiger partial charge is 0.480 e. The van der Waals surface area contributed by atoms with Crippen molar-refractivity contribution in [3.63, 3.8) is 0 Å². The van der Waals surface area contributed by atoms with Gasteiger partial charge in [-0.3, -0.25) is 4.79 Å². The van der Waals surface area contributed by atoms with Crippen molar-refractivity contribution in [2.45, 2.75) is 26.3 Å². The van der Waals surface area contributed by atoms with Crippen LogP contribution in [-0.2, 0) is 14.3 Å². The number of amides is 1. The highest BCUT2D eigenvalue weighted by molar-refractivity contribution is 5.84. The number of carbonyl (C=O) groups is 2. The Kier molecular flexibility index (Phi) is 5.88. The first-order chi connectivity index (χ1) is 6.11. The Bertz CT molecular complexity index is 181. The molecule has 1 amide bonds. The van der Waals surface area contributed by atoms with Crippen molar-refractivity contribution in [1.82, 2.24) is 5.32 Å². The third kappa shape index (κ3) is 5.19. The molecule has 0 aliphatic rings. The van der Waals surface area contributed by atoms with Crippen LogP contribution in [0.5, 0.6) is 0 Å². The maximum atomic E-state index is 11.0. The van der Waals surface area contributed by atoms with Gasteiger partial charge >= 0.3 is 5.97 Å². The Morgan fingerprint density at radius 3 is 2.46 bits per heavy atom. The molecule has 0 radical (unpaired) electrons. The first kappa shape index (κ1) is 11.9. The number of hydrogen-bond donors (Lipinski definition) is 2. The fourth-order valence-electron chi connectivity index (χ4n) is 0.769. The second-order valence-electron chi connectivity index (χ2n) is 2.50. The summed E-state index contributed by atoms with van der Waals surface area (Å²) >= 11 is 0. The Morgan fingerprint density at radius 2 is 2.08 bits per heavy atom. The minimum atomic E-state index is -1.02. The highest BCUT2D eigenvalue weighted by atomic mass is 16.5. The number of hydrogen-bond acceptors (Lipinski definition) is 3. The molecule has 13 heavy (non-hydrogen) atoms. The lowest BCUT2D eigenvalue weighted by Crippen LogP contribution is -2.41. The van der Waals surface area contributed by atoms with E-state index in [2.05, 4.69) is 5.32 Å². The van der Waals surface area contributed by atoms with E-state index in [-0.39, 0.29) is 6.61 Å². The Balaban J connectivity index is 3.80. The lowest BCUT2D eigenvalue weighted by Gasteiger charge is -2.11. The van der Waals surface area contributed by atoms with Crippen molar-refractivity contribution >= 4 is 11.9 Å². The van der Waals surface area contributed by atoms with Gasteiger partial charge in [0, 0.05) is 6.61 Å². The zero-order valence-corrected chi connectivity index (χ0v) is 7.87. The summed E-state index contributed by atoms with van der Waals surface area (Å²) in [6.45, 7) is 3.82. The summed E-state index contributed by atoms with van der Waals surface area (Å²) in [4.78, 5) is 21.5. The normalized spacial score (nSPS) is 12.2. The quantitative estimate of drug-likeness (QED) is 0.616. The van der Waals surface area contributed by atoms with Crippen LogP contribution in [0.2, 0.25) is 0 Å². The van der Waals surface area contributed by atoms with Gasteiger partial charge in [-0.05, 0) is 13.3 Å². The molecule has 5 heteroatoms. The summed E-state index contributed by atoms with van der Waals surface area (Å²) in [6, 6.07) is -0.812. The standard InChI is InChI=1S/C8H15NO4/c1-3-6(8(11)12)9-7(10)5-13-4-2/h6H,3-5H2,1-2H3,(H,9,10)(H,11,12)/t6-/m0/s1. The number of aliphatic carboxylic acids is 1. The van der Waals surface area contributed by atoms with Crippen molar-refractivity contribution < 1.29 is 19.4 Å². The smallest absolute Gasteiger partial charge is 0.326 e. The van der Waals surface area contributed by atoms with Crippen LogP contribution >= 0.6 is 0 Å². The molecule has 0 aliphatic carbocycles. The first-order valence-electron chi connectivity index (χ1n) is 4.21. The molecule has 2 N–H and O–H groups in total. The maximum Gasteiger partial charge on any atom is 0.326 e. The Labute approximate surface area is 77.1 Å². The number of carboxylic acids is 1. The van der Waals surface area contributed by atoms with E-state index in [1.165, 1.54) is 0 Å². The predicted molar refractivity (Wildman–Crippen MR) is 46.4 cm³/mol. The molecule has 1 atom stereocenters. The van der Waals surface area contributed by atoms with Crippen LogP contribution in [0, 0.1) is 0 Å². The van der Waals surface area contributed by atoms with E-state index in [1.54, 1.807) is 13.8 Å². The summed E-state index contributed by atoms with van der Waals surface area (Å²) in [5, 5.41) is 10.9. The van der Waals surface area contributed by atoms with Crippen LogP contribution in [0.15, 0.2) is 0 Å². The zero-order valence-electron chi connectivity index (χ0n) is 7.87. The summed E-state index contributed by atoms with van der Waals surface area (Å²) < 4.78 is 4.82. The van der Waals surface area contributed by atoms with Crippen molar-refractivity contribution in [2.24, 2.45) is 0 Å². The Morgan fingerprint density at radius 1 is 1.46 bits per heavy atom. The van der Waals surface area contributed by atoms with Crippen LogP contribution in [0.25, 0.3) is 0 Å². The van der Waals surface area contributed by atoms with E-state index in [0.29, 0.717) is 13.0 Å². The van der Waals surface area contributed by atoms with E-state index in [9.17, 15) is 9.59 Å². The second-order valence-corrected chi connectivity index (χ2v) is 2.50. The van der Waals surface area contributed by atoms with Gasteiger partial charge in [0.15, 0.2) is 0 Å². The van der Waals surface area contributed by atoms with Gasteiger partial charge in [-0.15, -0.1) is 0 Å². The molecule has 0 bridgehead atoms. The minimum Gasteiger partial charge on any atom is -0.480 e. The number of rotatable bonds is 6. The van der Waals surface area contributed by atoms with Gasteiger partial charge in [-0.25, -0.2) is 4.79 Å². The molecule has 0 aliphatic heterocycles. The van der Waals surface area contributed by atoms with Crippen molar-refractivity contribution in [3.8, 4) is 0 Å². The molecule has 0 fully saturated rings. The van der Waals surface area contributed by atoms with Gasteiger partial charge in [0.25, 0.3) is 0 Å². The Hall–Kier alpha value is -1.10. The maximum absolute atomic E-state index is 11.0. The van der Waals surface area contributed by atoms with E-state index >= 15 is 0 Å². The van der Waals surface area contributed by atoms with E-state index in [1.807, 2.05) is 0 Å². The third-order valence-electron chi connectivity index (χ3n) is 1.48. The highest BCUT2D eigenvalue weighted by Gasteiger charge is 2.16. The number of nitrogens with one attached hydrogen (secondary N) is 1. The van der Waals surface area contributed by atoms with Crippen LogP contribution in [0.4, 0.5) is 0 Å². The molecule has 5 nitrogen and oxygen atoms in total. The monoisotopic (exact) mass is 189 g/mol. The fourth-order valence-corrected chi connectivity index (χ4v) is 0.769. The summed E-state index contributed by atoms with van der Waals surface area (Å²) in [5.74, 6) is -1.41. The van der Waals surface area contributed by atoms with Gasteiger partial charge in [0.05, 0.1) is 0 Å². The van der Waals surface area contributed by atoms with Crippen molar-refractivity contribution in [3.05, 3.63) is 0 Å². The minimum absolute atomic E-state index is 0.0831. The molecule has 0 unspecified atom stereocenters. The molecule has 0 heterocycles. The van der Waals surface area contributed by atoms with Crippen LogP contribution in [-0.4, -0.2) is 36.2 Å². The van der Waals surface area contributed by atoms with Crippen LogP contribution < -0.4 is 5.32 Å². The van der Waals surface area contributed by atoms with Gasteiger partial charge in [-0.1, -0.05) is 6.92 Å². The summed E-state index contributed by atoms with van der Waals surface area (Å²) in [7, 11) is 0. The highest BCUT2D eigenvalue weighted by Crippen LogP contribution is 1.90. The van der Waals surface area contributed by atoms with Gasteiger partial charge in [-0.2, -0.15) is 0 Å². The van der Waals surface area contributed by atoms with E-state index in [0.717, 1.165) is 0 Å².